The zero-order valence-corrected chi connectivity index (χ0v) is 13.9. The van der Waals surface area contributed by atoms with Gasteiger partial charge < -0.3 is 0 Å². The Hall–Kier alpha value is -2.38. The summed E-state index contributed by atoms with van der Waals surface area (Å²) in [6.45, 7) is 0. The molecule has 3 aromatic rings. The van der Waals surface area contributed by atoms with Gasteiger partial charge in [-0.1, -0.05) is 41.4 Å². The van der Waals surface area contributed by atoms with Crippen LogP contribution in [0.3, 0.4) is 0 Å². The molecule has 0 aliphatic carbocycles. The third-order valence-corrected chi connectivity index (χ3v) is 3.74. The first-order valence-corrected chi connectivity index (χ1v) is 7.68. The molecule has 25 heavy (non-hydrogen) atoms. The van der Waals surface area contributed by atoms with E-state index in [0.29, 0.717) is 21.1 Å². The first-order valence-electron chi connectivity index (χ1n) is 6.93. The van der Waals surface area contributed by atoms with E-state index >= 15 is 0 Å². The van der Waals surface area contributed by atoms with Gasteiger partial charge in [-0.15, -0.1) is 0 Å². The number of fused-ring (bicyclic) bond motifs is 1. The van der Waals surface area contributed by atoms with Crippen molar-refractivity contribution < 1.29 is 13.2 Å². The molecule has 2 aromatic carbocycles. The number of aromatic nitrogens is 2. The number of benzene rings is 2. The first kappa shape index (κ1) is 17.4. The molecule has 0 aliphatic heterocycles. The van der Waals surface area contributed by atoms with Crippen molar-refractivity contribution in [3.05, 3.63) is 63.8 Å². The van der Waals surface area contributed by atoms with Crippen molar-refractivity contribution in [2.45, 2.75) is 6.18 Å². The maximum Gasteiger partial charge on any atom is 0.437 e. The number of hydrazone groups is 1. The van der Waals surface area contributed by atoms with Crippen molar-refractivity contribution >= 4 is 46.3 Å². The summed E-state index contributed by atoms with van der Waals surface area (Å²) < 4.78 is 39.6. The maximum atomic E-state index is 13.2. The van der Waals surface area contributed by atoms with Crippen LogP contribution in [0.1, 0.15) is 11.3 Å². The highest BCUT2D eigenvalue weighted by Gasteiger charge is 2.37. The summed E-state index contributed by atoms with van der Waals surface area (Å²) in [6, 6.07) is 10.9. The zero-order valence-electron chi connectivity index (χ0n) is 12.4. The van der Waals surface area contributed by atoms with Crippen LogP contribution in [0.4, 0.5) is 19.0 Å². The minimum Gasteiger partial charge on any atom is -0.260 e. The van der Waals surface area contributed by atoms with E-state index < -0.39 is 17.7 Å². The van der Waals surface area contributed by atoms with Gasteiger partial charge in [0.25, 0.3) is 0 Å². The number of alkyl halides is 3. The lowest BCUT2D eigenvalue weighted by molar-refractivity contribution is -0.140. The van der Waals surface area contributed by atoms with Crippen LogP contribution in [-0.4, -0.2) is 16.2 Å². The van der Waals surface area contributed by atoms with Crippen LogP contribution >= 0.6 is 23.2 Å². The lowest BCUT2D eigenvalue weighted by Gasteiger charge is -2.11. The summed E-state index contributed by atoms with van der Waals surface area (Å²) in [7, 11) is 0. The fourth-order valence-corrected chi connectivity index (χ4v) is 2.50. The minimum atomic E-state index is -4.67. The second kappa shape index (κ2) is 6.85. The Morgan fingerprint density at radius 1 is 1.00 bits per heavy atom. The third-order valence-electron chi connectivity index (χ3n) is 3.18. The van der Waals surface area contributed by atoms with Crippen molar-refractivity contribution in [1.29, 1.82) is 0 Å². The molecular weight excluding hydrogens is 376 g/mol. The number of nitrogens with zero attached hydrogens (tertiary/aromatic N) is 3. The van der Waals surface area contributed by atoms with E-state index in [0.717, 1.165) is 0 Å². The van der Waals surface area contributed by atoms with Gasteiger partial charge in [0.05, 0.1) is 22.3 Å². The molecule has 0 amide bonds. The predicted molar refractivity (Wildman–Crippen MR) is 92.2 cm³/mol. The molecule has 1 N–H and O–H groups in total. The Kier molecular flexibility index (Phi) is 4.78. The van der Waals surface area contributed by atoms with E-state index in [9.17, 15) is 13.2 Å². The summed E-state index contributed by atoms with van der Waals surface area (Å²) in [5.74, 6) is -0.493. The molecule has 0 unspecified atom stereocenters. The summed E-state index contributed by atoms with van der Waals surface area (Å²) in [6.07, 6.45) is -3.40. The Bertz CT molecular complexity index is 958. The molecule has 9 heteroatoms. The van der Waals surface area contributed by atoms with Crippen LogP contribution in [0.5, 0.6) is 0 Å². The molecule has 0 spiro atoms. The minimum absolute atomic E-state index is 0.144. The quantitative estimate of drug-likeness (QED) is 0.485. The van der Waals surface area contributed by atoms with Crippen molar-refractivity contribution in [1.82, 2.24) is 9.97 Å². The van der Waals surface area contributed by atoms with Crippen LogP contribution in [0.25, 0.3) is 11.0 Å². The van der Waals surface area contributed by atoms with Crippen molar-refractivity contribution in [3.63, 3.8) is 0 Å². The van der Waals surface area contributed by atoms with Gasteiger partial charge in [0.1, 0.15) is 0 Å². The highest BCUT2D eigenvalue weighted by molar-refractivity contribution is 6.36. The van der Waals surface area contributed by atoms with Crippen LogP contribution < -0.4 is 5.43 Å². The Balaban J connectivity index is 1.95. The van der Waals surface area contributed by atoms with E-state index in [2.05, 4.69) is 20.5 Å². The van der Waals surface area contributed by atoms with Gasteiger partial charge in [0.2, 0.25) is 0 Å². The zero-order chi connectivity index (χ0) is 18.0. The van der Waals surface area contributed by atoms with Gasteiger partial charge in [-0.25, -0.2) is 9.97 Å². The van der Waals surface area contributed by atoms with E-state index in [1.54, 1.807) is 30.3 Å². The van der Waals surface area contributed by atoms with Gasteiger partial charge in [0.15, 0.2) is 11.5 Å². The molecule has 0 fully saturated rings. The second-order valence-electron chi connectivity index (χ2n) is 4.94. The molecule has 0 bridgehead atoms. The van der Waals surface area contributed by atoms with Gasteiger partial charge in [-0.05, 0) is 24.3 Å². The number of hydrogen-bond donors (Lipinski definition) is 1. The molecule has 128 valence electrons. The molecule has 4 nitrogen and oxygen atoms in total. The fourth-order valence-electron chi connectivity index (χ4n) is 2.04. The molecule has 3 rings (SSSR count). The Morgan fingerprint density at radius 3 is 2.32 bits per heavy atom. The van der Waals surface area contributed by atoms with Crippen LogP contribution in [0, 0.1) is 0 Å². The largest absolute Gasteiger partial charge is 0.437 e. The molecule has 1 heterocycles. The Labute approximate surface area is 150 Å². The number of rotatable bonds is 3. The number of para-hydroxylation sites is 2. The smallest absolute Gasteiger partial charge is 0.260 e. The van der Waals surface area contributed by atoms with E-state index in [1.807, 2.05) is 0 Å². The predicted octanol–water partition coefficient (Wildman–Crippen LogP) is 5.40. The van der Waals surface area contributed by atoms with Gasteiger partial charge >= 0.3 is 6.18 Å². The van der Waals surface area contributed by atoms with Crippen molar-refractivity contribution in [2.75, 3.05) is 5.43 Å². The molecule has 0 saturated heterocycles. The van der Waals surface area contributed by atoms with Crippen molar-refractivity contribution in [3.8, 4) is 0 Å². The maximum absolute atomic E-state index is 13.2. The number of hydrogen-bond acceptors (Lipinski definition) is 4. The van der Waals surface area contributed by atoms with E-state index in [-0.39, 0.29) is 5.52 Å². The average Bonchev–Trinajstić information content (AvgIpc) is 2.55. The lowest BCUT2D eigenvalue weighted by atomic mass is 10.2. The molecule has 0 atom stereocenters. The van der Waals surface area contributed by atoms with Gasteiger partial charge in [0, 0.05) is 10.6 Å². The summed E-state index contributed by atoms with van der Waals surface area (Å²) >= 11 is 11.8. The summed E-state index contributed by atoms with van der Waals surface area (Å²) in [5.41, 5.74) is 2.09. The molecule has 1 aromatic heterocycles. The van der Waals surface area contributed by atoms with Crippen LogP contribution in [0.15, 0.2) is 47.6 Å². The van der Waals surface area contributed by atoms with E-state index in [4.69, 9.17) is 23.2 Å². The van der Waals surface area contributed by atoms with Crippen LogP contribution in [0.2, 0.25) is 10.0 Å². The van der Waals surface area contributed by atoms with E-state index in [1.165, 1.54) is 18.3 Å². The average molecular weight is 385 g/mol. The van der Waals surface area contributed by atoms with Gasteiger partial charge in [-0.3, -0.25) is 5.43 Å². The standard InChI is InChI=1S/C16H9Cl2F3N4/c17-10-6-5-9(11(18)7-10)8-22-25-15-14(16(19,20)21)23-12-3-1-2-4-13(12)24-15/h1-8H,(H,24,25)/b22-8-. The molecule has 0 saturated carbocycles. The SMILES string of the molecule is FC(F)(F)c1nc2ccccc2nc1N/N=C\c1ccc(Cl)cc1Cl. The lowest BCUT2D eigenvalue weighted by Crippen LogP contribution is -2.13. The van der Waals surface area contributed by atoms with Gasteiger partial charge in [-0.2, -0.15) is 18.3 Å². The van der Waals surface area contributed by atoms with Crippen LogP contribution in [-0.2, 0) is 6.18 Å². The number of anilines is 1. The molecular formula is C16H9Cl2F3N4. The number of halogens is 5. The second-order valence-corrected chi connectivity index (χ2v) is 5.79. The highest BCUT2D eigenvalue weighted by atomic mass is 35.5. The monoisotopic (exact) mass is 384 g/mol. The first-order chi connectivity index (χ1) is 11.8. The van der Waals surface area contributed by atoms with Crippen molar-refractivity contribution in [2.24, 2.45) is 5.10 Å². The highest BCUT2D eigenvalue weighted by Crippen LogP contribution is 2.33. The normalized spacial score (nSPS) is 12.0. The molecule has 0 aliphatic rings. The fraction of sp³-hybridized carbons (Fsp3) is 0.0625. The summed E-state index contributed by atoms with van der Waals surface area (Å²) in [5, 5.41) is 4.54. The third kappa shape index (κ3) is 4.00. The topological polar surface area (TPSA) is 50.2 Å². The number of nitrogens with one attached hydrogen (secondary N) is 1. The molecule has 0 radical (unpaired) electrons. The summed E-state index contributed by atoms with van der Waals surface area (Å²) in [4.78, 5) is 7.58. The Morgan fingerprint density at radius 2 is 1.68 bits per heavy atom.